The Bertz CT molecular complexity index is 652. The van der Waals surface area contributed by atoms with Crippen molar-refractivity contribution in [2.24, 2.45) is 0 Å². The van der Waals surface area contributed by atoms with E-state index in [0.29, 0.717) is 42.4 Å². The third kappa shape index (κ3) is 4.23. The number of anilines is 1. The molecule has 0 aromatic carbocycles. The minimum atomic E-state index is -3.18. The van der Waals surface area contributed by atoms with Crippen LogP contribution >= 0.6 is 7.60 Å². The molecule has 0 saturated heterocycles. The summed E-state index contributed by atoms with van der Waals surface area (Å²) < 4.78 is 27.8. The van der Waals surface area contributed by atoms with Crippen molar-refractivity contribution in [1.82, 2.24) is 19.9 Å². The molecule has 2 aromatic heterocycles. The van der Waals surface area contributed by atoms with Crippen LogP contribution in [0.4, 0.5) is 5.82 Å². The highest BCUT2D eigenvalue weighted by atomic mass is 31.2. The van der Waals surface area contributed by atoms with Crippen LogP contribution in [0.2, 0.25) is 0 Å². The van der Waals surface area contributed by atoms with Gasteiger partial charge in [-0.1, -0.05) is 0 Å². The number of nitrogens with two attached hydrogens (primary N) is 1. The van der Waals surface area contributed by atoms with E-state index in [1.165, 1.54) is 6.33 Å². The minimum absolute atomic E-state index is 0.102. The lowest BCUT2D eigenvalue weighted by Crippen LogP contribution is -2.08. The van der Waals surface area contributed by atoms with Gasteiger partial charge in [0, 0.05) is 6.42 Å². The van der Waals surface area contributed by atoms with Gasteiger partial charge in [-0.2, -0.15) is 0 Å². The zero-order chi connectivity index (χ0) is 16.0. The lowest BCUT2D eigenvalue weighted by Gasteiger charge is -2.16. The largest absolute Gasteiger partial charge is 0.382 e. The number of rotatable bonds is 9. The maximum Gasteiger partial charge on any atom is 0.356 e. The van der Waals surface area contributed by atoms with Crippen LogP contribution in [0.5, 0.6) is 0 Å². The first-order chi connectivity index (χ1) is 10.6. The molecule has 2 aromatic rings. The van der Waals surface area contributed by atoms with E-state index >= 15 is 0 Å². The Labute approximate surface area is 128 Å². The van der Waals surface area contributed by atoms with Gasteiger partial charge in [0.25, 0.3) is 0 Å². The first kappa shape index (κ1) is 16.8. The Morgan fingerprint density at radius 1 is 1.27 bits per heavy atom. The molecule has 0 aliphatic heterocycles. The number of nitrogens with zero attached hydrogens (tertiary/aromatic N) is 3. The SMILES string of the molecule is CCOP(=O)(COCCc1nc(N)c2[nH]cnc2n1)OCC. The molecular formula is C12H20N5O4P. The van der Waals surface area contributed by atoms with E-state index in [1.807, 2.05) is 0 Å². The first-order valence-corrected chi connectivity index (χ1v) is 8.72. The Balaban J connectivity index is 1.88. The van der Waals surface area contributed by atoms with E-state index in [2.05, 4.69) is 19.9 Å². The molecule has 2 rings (SSSR count). The number of aromatic amines is 1. The highest BCUT2D eigenvalue weighted by Gasteiger charge is 2.23. The van der Waals surface area contributed by atoms with Gasteiger partial charge in [0.2, 0.25) is 0 Å². The van der Waals surface area contributed by atoms with Crippen molar-refractivity contribution in [3.63, 3.8) is 0 Å². The second-order valence-electron chi connectivity index (χ2n) is 4.36. The molecule has 122 valence electrons. The number of fused-ring (bicyclic) bond motifs is 1. The van der Waals surface area contributed by atoms with Crippen molar-refractivity contribution in [2.75, 3.05) is 31.9 Å². The quantitative estimate of drug-likeness (QED) is 0.526. The molecule has 0 amide bonds. The molecule has 0 saturated carbocycles. The summed E-state index contributed by atoms with van der Waals surface area (Å²) in [5.41, 5.74) is 6.93. The van der Waals surface area contributed by atoms with Crippen molar-refractivity contribution < 1.29 is 18.3 Å². The number of hydrogen-bond donors (Lipinski definition) is 2. The third-order valence-electron chi connectivity index (χ3n) is 2.73. The van der Waals surface area contributed by atoms with Gasteiger partial charge < -0.3 is 24.5 Å². The topological polar surface area (TPSA) is 125 Å². The van der Waals surface area contributed by atoms with Gasteiger partial charge in [0.15, 0.2) is 11.5 Å². The number of aromatic nitrogens is 4. The van der Waals surface area contributed by atoms with E-state index < -0.39 is 7.60 Å². The van der Waals surface area contributed by atoms with Crippen LogP contribution in [0.1, 0.15) is 19.7 Å². The van der Waals surface area contributed by atoms with Crippen molar-refractivity contribution in [2.45, 2.75) is 20.3 Å². The lowest BCUT2D eigenvalue weighted by molar-refractivity contribution is 0.133. The zero-order valence-electron chi connectivity index (χ0n) is 12.6. The Morgan fingerprint density at radius 3 is 2.68 bits per heavy atom. The predicted octanol–water partition coefficient (Wildman–Crippen LogP) is 1.72. The molecule has 3 N–H and O–H groups in total. The summed E-state index contributed by atoms with van der Waals surface area (Å²) in [7, 11) is -3.18. The zero-order valence-corrected chi connectivity index (χ0v) is 13.5. The van der Waals surface area contributed by atoms with E-state index in [4.69, 9.17) is 19.5 Å². The van der Waals surface area contributed by atoms with Crippen molar-refractivity contribution in [3.8, 4) is 0 Å². The maximum atomic E-state index is 12.2. The molecule has 22 heavy (non-hydrogen) atoms. The number of ether oxygens (including phenoxy) is 1. The summed E-state index contributed by atoms with van der Waals surface area (Å²) in [4.78, 5) is 15.3. The molecule has 9 nitrogen and oxygen atoms in total. The van der Waals surface area contributed by atoms with Crippen LogP contribution in [-0.4, -0.2) is 46.1 Å². The molecular weight excluding hydrogens is 309 g/mol. The van der Waals surface area contributed by atoms with Gasteiger partial charge in [0.1, 0.15) is 17.7 Å². The van der Waals surface area contributed by atoms with Gasteiger partial charge in [-0.3, -0.25) is 4.57 Å². The summed E-state index contributed by atoms with van der Waals surface area (Å²) in [5.74, 6) is 0.853. The van der Waals surface area contributed by atoms with Crippen molar-refractivity contribution >= 4 is 24.6 Å². The van der Waals surface area contributed by atoms with E-state index in [-0.39, 0.29) is 13.0 Å². The fraction of sp³-hybridized carbons (Fsp3) is 0.583. The fourth-order valence-corrected chi connectivity index (χ4v) is 3.22. The second-order valence-corrected chi connectivity index (χ2v) is 6.36. The number of hydrogen-bond acceptors (Lipinski definition) is 8. The van der Waals surface area contributed by atoms with Crippen LogP contribution in [0, 0.1) is 0 Å². The van der Waals surface area contributed by atoms with Gasteiger partial charge in [-0.05, 0) is 13.8 Å². The molecule has 0 atom stereocenters. The number of imidazole rings is 1. The van der Waals surface area contributed by atoms with E-state index in [0.717, 1.165) is 0 Å². The molecule has 0 bridgehead atoms. The van der Waals surface area contributed by atoms with Crippen LogP contribution in [-0.2, 0) is 24.8 Å². The predicted molar refractivity (Wildman–Crippen MR) is 81.5 cm³/mol. The van der Waals surface area contributed by atoms with Gasteiger partial charge in [-0.15, -0.1) is 0 Å². The summed E-state index contributed by atoms with van der Waals surface area (Å²) in [5, 5.41) is 0. The van der Waals surface area contributed by atoms with Gasteiger partial charge >= 0.3 is 7.60 Å². The molecule has 0 aliphatic carbocycles. The van der Waals surface area contributed by atoms with Crippen LogP contribution in [0.15, 0.2) is 6.33 Å². The Morgan fingerprint density at radius 2 is 2.00 bits per heavy atom. The van der Waals surface area contributed by atoms with Gasteiger partial charge in [-0.25, -0.2) is 15.0 Å². The summed E-state index contributed by atoms with van der Waals surface area (Å²) in [6.45, 7) is 4.38. The summed E-state index contributed by atoms with van der Waals surface area (Å²) in [6.07, 6.45) is 1.83. The fourth-order valence-electron chi connectivity index (χ4n) is 1.86. The smallest absolute Gasteiger partial charge is 0.356 e. The molecule has 2 heterocycles. The number of nitrogen functional groups attached to an aromatic ring is 1. The molecule has 0 unspecified atom stereocenters. The average molecular weight is 329 g/mol. The highest BCUT2D eigenvalue weighted by Crippen LogP contribution is 2.47. The molecule has 0 fully saturated rings. The van der Waals surface area contributed by atoms with Crippen LogP contribution < -0.4 is 5.73 Å². The average Bonchev–Trinajstić information content (AvgIpc) is 2.93. The molecule has 0 radical (unpaired) electrons. The van der Waals surface area contributed by atoms with Gasteiger partial charge in [0.05, 0.1) is 26.1 Å². The molecule has 0 aliphatic rings. The van der Waals surface area contributed by atoms with Crippen molar-refractivity contribution in [1.29, 1.82) is 0 Å². The van der Waals surface area contributed by atoms with Crippen molar-refractivity contribution in [3.05, 3.63) is 12.2 Å². The monoisotopic (exact) mass is 329 g/mol. The van der Waals surface area contributed by atoms with Crippen LogP contribution in [0.3, 0.4) is 0 Å². The summed E-state index contributed by atoms with van der Waals surface area (Å²) >= 11 is 0. The summed E-state index contributed by atoms with van der Waals surface area (Å²) in [6, 6.07) is 0. The third-order valence-corrected chi connectivity index (χ3v) is 4.53. The van der Waals surface area contributed by atoms with E-state index in [9.17, 15) is 4.57 Å². The number of nitrogens with one attached hydrogen (secondary N) is 1. The number of H-pyrrole nitrogens is 1. The Hall–Kier alpha value is -1.54. The normalized spacial score (nSPS) is 12.1. The second kappa shape index (κ2) is 7.64. The highest BCUT2D eigenvalue weighted by molar-refractivity contribution is 7.53. The standard InChI is InChI=1S/C12H20N5O4P/c1-3-20-22(18,21-4-2)8-19-6-5-9-16-11(13)10-12(17-9)15-7-14-10/h7H,3-6,8H2,1-2H3,(H3,13,14,15,16,17). The minimum Gasteiger partial charge on any atom is -0.382 e. The maximum absolute atomic E-state index is 12.2. The van der Waals surface area contributed by atoms with Crippen LogP contribution in [0.25, 0.3) is 11.2 Å². The molecule has 10 heteroatoms. The lowest BCUT2D eigenvalue weighted by atomic mass is 10.4. The van der Waals surface area contributed by atoms with E-state index in [1.54, 1.807) is 13.8 Å². The molecule has 0 spiro atoms. The first-order valence-electron chi connectivity index (χ1n) is 6.99. The Kier molecular flexibility index (Phi) is 5.84.